The molecule has 0 atom stereocenters. The lowest BCUT2D eigenvalue weighted by Crippen LogP contribution is -1.95. The molecule has 0 aliphatic heterocycles. The lowest BCUT2D eigenvalue weighted by molar-refractivity contribution is 0.0697. The van der Waals surface area contributed by atoms with E-state index in [2.05, 4.69) is 20.9 Å². The zero-order chi connectivity index (χ0) is 14.8. The number of carboxylic acid groups (broad SMARTS) is 1. The Morgan fingerprint density at radius 1 is 1.10 bits per heavy atom. The van der Waals surface area contributed by atoms with E-state index in [0.29, 0.717) is 0 Å². The minimum absolute atomic E-state index is 0.269. The van der Waals surface area contributed by atoms with Gasteiger partial charge in [0, 0.05) is 21.0 Å². The number of thiazole rings is 1. The summed E-state index contributed by atoms with van der Waals surface area (Å²) in [5, 5.41) is 11.9. The summed E-state index contributed by atoms with van der Waals surface area (Å²) in [4.78, 5) is 15.6. The zero-order valence-electron chi connectivity index (χ0n) is 10.8. The monoisotopic (exact) mass is 359 g/mol. The minimum Gasteiger partial charge on any atom is -0.478 e. The fourth-order valence-electron chi connectivity index (χ4n) is 1.94. The molecule has 1 aromatic heterocycles. The zero-order valence-corrected chi connectivity index (χ0v) is 13.2. The predicted molar refractivity (Wildman–Crippen MR) is 87.6 cm³/mol. The van der Waals surface area contributed by atoms with E-state index in [1.807, 2.05) is 35.7 Å². The number of aromatic carboxylic acids is 1. The lowest BCUT2D eigenvalue weighted by atomic mass is 10.1. The van der Waals surface area contributed by atoms with E-state index in [0.717, 1.165) is 26.3 Å². The third-order valence-electron chi connectivity index (χ3n) is 3.00. The van der Waals surface area contributed by atoms with Gasteiger partial charge >= 0.3 is 5.97 Å². The van der Waals surface area contributed by atoms with Crippen LogP contribution < -0.4 is 0 Å². The van der Waals surface area contributed by atoms with Crippen molar-refractivity contribution in [1.82, 2.24) is 4.98 Å². The Hall–Kier alpha value is -1.98. The quantitative estimate of drug-likeness (QED) is 0.720. The summed E-state index contributed by atoms with van der Waals surface area (Å²) >= 11 is 4.95. The first-order chi connectivity index (χ1) is 10.1. The van der Waals surface area contributed by atoms with E-state index in [-0.39, 0.29) is 5.56 Å². The van der Waals surface area contributed by atoms with Crippen molar-refractivity contribution >= 4 is 33.2 Å². The number of hydrogen-bond donors (Lipinski definition) is 1. The standard InChI is InChI=1S/C16H10BrNO2S/c17-13-6-4-10(5-7-13)15-18-14(9-21-15)11-2-1-3-12(8-11)16(19)20/h1-9H,(H,19,20). The van der Waals surface area contributed by atoms with Crippen LogP contribution in [0.3, 0.4) is 0 Å². The highest BCUT2D eigenvalue weighted by atomic mass is 79.9. The molecule has 0 saturated carbocycles. The first-order valence-electron chi connectivity index (χ1n) is 6.19. The van der Waals surface area contributed by atoms with Crippen LogP contribution in [0.5, 0.6) is 0 Å². The second-order valence-electron chi connectivity index (χ2n) is 4.43. The minimum atomic E-state index is -0.930. The van der Waals surface area contributed by atoms with E-state index >= 15 is 0 Å². The fourth-order valence-corrected chi connectivity index (χ4v) is 3.04. The molecule has 0 radical (unpaired) electrons. The highest BCUT2D eigenvalue weighted by Crippen LogP contribution is 2.29. The number of benzene rings is 2. The van der Waals surface area contributed by atoms with Crippen molar-refractivity contribution in [3.63, 3.8) is 0 Å². The van der Waals surface area contributed by atoms with Gasteiger partial charge in [0.05, 0.1) is 11.3 Å². The number of nitrogens with zero attached hydrogens (tertiary/aromatic N) is 1. The largest absolute Gasteiger partial charge is 0.478 e. The van der Waals surface area contributed by atoms with E-state index in [9.17, 15) is 4.79 Å². The smallest absolute Gasteiger partial charge is 0.335 e. The molecule has 0 fully saturated rings. The number of carbonyl (C=O) groups is 1. The van der Waals surface area contributed by atoms with Crippen LogP contribution in [0.25, 0.3) is 21.8 Å². The molecule has 0 spiro atoms. The molecule has 1 N–H and O–H groups in total. The van der Waals surface area contributed by atoms with Gasteiger partial charge in [0.15, 0.2) is 0 Å². The van der Waals surface area contributed by atoms with Crippen LogP contribution in [0.1, 0.15) is 10.4 Å². The molecule has 3 aromatic rings. The Morgan fingerprint density at radius 3 is 2.57 bits per heavy atom. The van der Waals surface area contributed by atoms with Crippen LogP contribution in [-0.4, -0.2) is 16.1 Å². The Kier molecular flexibility index (Phi) is 3.86. The summed E-state index contributed by atoms with van der Waals surface area (Å²) in [5.41, 5.74) is 2.92. The van der Waals surface area contributed by atoms with Crippen molar-refractivity contribution in [3.8, 4) is 21.8 Å². The van der Waals surface area contributed by atoms with Crippen molar-refractivity contribution in [2.24, 2.45) is 0 Å². The van der Waals surface area contributed by atoms with Crippen molar-refractivity contribution < 1.29 is 9.90 Å². The van der Waals surface area contributed by atoms with E-state index in [1.165, 1.54) is 0 Å². The maximum Gasteiger partial charge on any atom is 0.335 e. The molecule has 104 valence electrons. The second kappa shape index (κ2) is 5.79. The lowest BCUT2D eigenvalue weighted by Gasteiger charge is -1.99. The molecule has 0 aliphatic rings. The van der Waals surface area contributed by atoms with Crippen LogP contribution in [-0.2, 0) is 0 Å². The second-order valence-corrected chi connectivity index (χ2v) is 6.20. The van der Waals surface area contributed by atoms with E-state index in [4.69, 9.17) is 5.11 Å². The van der Waals surface area contributed by atoms with Crippen LogP contribution in [0.2, 0.25) is 0 Å². The first kappa shape index (κ1) is 14.0. The van der Waals surface area contributed by atoms with Crippen LogP contribution in [0.15, 0.2) is 58.4 Å². The van der Waals surface area contributed by atoms with Gasteiger partial charge in [0.2, 0.25) is 0 Å². The van der Waals surface area contributed by atoms with Crippen LogP contribution in [0, 0.1) is 0 Å². The maximum absolute atomic E-state index is 11.0. The van der Waals surface area contributed by atoms with Crippen LogP contribution >= 0.6 is 27.3 Å². The van der Waals surface area contributed by atoms with Gasteiger partial charge in [-0.15, -0.1) is 11.3 Å². The average Bonchev–Trinajstić information content (AvgIpc) is 2.98. The number of hydrogen-bond acceptors (Lipinski definition) is 3. The van der Waals surface area contributed by atoms with Gasteiger partial charge in [0.25, 0.3) is 0 Å². The molecule has 1 heterocycles. The van der Waals surface area contributed by atoms with Gasteiger partial charge in [-0.1, -0.05) is 40.2 Å². The first-order valence-corrected chi connectivity index (χ1v) is 7.86. The molecular weight excluding hydrogens is 350 g/mol. The van der Waals surface area contributed by atoms with Crippen molar-refractivity contribution in [2.45, 2.75) is 0 Å². The number of rotatable bonds is 3. The summed E-state index contributed by atoms with van der Waals surface area (Å²) in [6.07, 6.45) is 0. The molecule has 3 rings (SSSR count). The number of carboxylic acids is 1. The summed E-state index contributed by atoms with van der Waals surface area (Å²) in [7, 11) is 0. The van der Waals surface area contributed by atoms with Gasteiger partial charge in [-0.25, -0.2) is 9.78 Å². The number of aromatic nitrogens is 1. The van der Waals surface area contributed by atoms with Gasteiger partial charge in [-0.05, 0) is 24.3 Å². The van der Waals surface area contributed by atoms with Gasteiger partial charge in [-0.2, -0.15) is 0 Å². The third-order valence-corrected chi connectivity index (χ3v) is 4.42. The SMILES string of the molecule is O=C(O)c1cccc(-c2csc(-c3ccc(Br)cc3)n2)c1. The van der Waals surface area contributed by atoms with E-state index < -0.39 is 5.97 Å². The number of halogens is 1. The predicted octanol–water partition coefficient (Wildman–Crippen LogP) is 4.94. The molecule has 0 aliphatic carbocycles. The maximum atomic E-state index is 11.0. The Balaban J connectivity index is 1.96. The third kappa shape index (κ3) is 3.04. The molecule has 0 unspecified atom stereocenters. The summed E-state index contributed by atoms with van der Waals surface area (Å²) in [5.74, 6) is -0.930. The van der Waals surface area contributed by atoms with Crippen molar-refractivity contribution in [1.29, 1.82) is 0 Å². The Labute approximate surface area is 134 Å². The molecule has 5 heteroatoms. The normalized spacial score (nSPS) is 10.5. The average molecular weight is 360 g/mol. The highest BCUT2D eigenvalue weighted by molar-refractivity contribution is 9.10. The van der Waals surface area contributed by atoms with Crippen molar-refractivity contribution in [2.75, 3.05) is 0 Å². The van der Waals surface area contributed by atoms with Crippen molar-refractivity contribution in [3.05, 3.63) is 63.9 Å². The Bertz CT molecular complexity index is 796. The Morgan fingerprint density at radius 2 is 1.86 bits per heavy atom. The van der Waals surface area contributed by atoms with Crippen LogP contribution in [0.4, 0.5) is 0 Å². The fraction of sp³-hybridized carbons (Fsp3) is 0. The van der Waals surface area contributed by atoms with Gasteiger partial charge in [-0.3, -0.25) is 0 Å². The summed E-state index contributed by atoms with van der Waals surface area (Å²) in [6, 6.07) is 14.8. The highest BCUT2D eigenvalue weighted by Gasteiger charge is 2.09. The topological polar surface area (TPSA) is 50.2 Å². The molecule has 0 bridgehead atoms. The molecular formula is C16H10BrNO2S. The molecule has 0 saturated heterocycles. The molecule has 2 aromatic carbocycles. The molecule has 3 nitrogen and oxygen atoms in total. The summed E-state index contributed by atoms with van der Waals surface area (Å²) in [6.45, 7) is 0. The van der Waals surface area contributed by atoms with Gasteiger partial charge in [0.1, 0.15) is 5.01 Å². The molecule has 0 amide bonds. The van der Waals surface area contributed by atoms with E-state index in [1.54, 1.807) is 29.5 Å². The molecule has 21 heavy (non-hydrogen) atoms. The van der Waals surface area contributed by atoms with Gasteiger partial charge < -0.3 is 5.11 Å². The summed E-state index contributed by atoms with van der Waals surface area (Å²) < 4.78 is 1.03.